The minimum atomic E-state index is -0.397. The number of rotatable bonds is 4. The molecule has 3 aromatic carbocycles. The number of imide groups is 1. The van der Waals surface area contributed by atoms with Crippen LogP contribution in [0.5, 0.6) is 0 Å². The third kappa shape index (κ3) is 3.63. The molecule has 0 bridgehead atoms. The van der Waals surface area contributed by atoms with E-state index in [9.17, 15) is 18.8 Å². The highest BCUT2D eigenvalue weighted by molar-refractivity contribution is 6.34. The summed E-state index contributed by atoms with van der Waals surface area (Å²) in [5.74, 6) is -1.52. The number of halogens is 1. The highest BCUT2D eigenvalue weighted by Crippen LogP contribution is 2.29. The number of carbonyl (C=O) groups excluding carboxylic acids is 3. The smallest absolute Gasteiger partial charge is 0.266 e. The summed E-state index contributed by atoms with van der Waals surface area (Å²) in [6.07, 6.45) is 1.40. The van der Waals surface area contributed by atoms with E-state index in [4.69, 9.17) is 0 Å². The second-order valence-electron chi connectivity index (χ2n) is 6.87. The molecule has 1 N–H and O–H groups in total. The molecule has 6 heteroatoms. The van der Waals surface area contributed by atoms with Gasteiger partial charge < -0.3 is 5.32 Å². The van der Waals surface area contributed by atoms with E-state index in [1.807, 2.05) is 0 Å². The molecule has 1 aliphatic heterocycles. The first-order valence-corrected chi connectivity index (χ1v) is 9.27. The van der Waals surface area contributed by atoms with Gasteiger partial charge in [-0.25, -0.2) is 9.29 Å². The molecule has 0 saturated carbocycles. The zero-order valence-corrected chi connectivity index (χ0v) is 16.1. The monoisotopic (exact) mass is 400 g/mol. The molecular weight excluding hydrogens is 383 g/mol. The Hall–Kier alpha value is -4.06. The molecule has 0 fully saturated rings. The minimum Gasteiger partial charge on any atom is -0.322 e. The van der Waals surface area contributed by atoms with Crippen molar-refractivity contribution in [2.24, 2.45) is 0 Å². The van der Waals surface area contributed by atoms with Crippen LogP contribution in [0.25, 0.3) is 5.57 Å². The lowest BCUT2D eigenvalue weighted by atomic mass is 10.1. The van der Waals surface area contributed by atoms with Crippen molar-refractivity contribution in [1.82, 2.24) is 0 Å². The second kappa shape index (κ2) is 7.75. The summed E-state index contributed by atoms with van der Waals surface area (Å²) in [5.41, 5.74) is 2.93. The van der Waals surface area contributed by atoms with Gasteiger partial charge in [0, 0.05) is 11.8 Å². The van der Waals surface area contributed by atoms with Gasteiger partial charge in [0.25, 0.3) is 11.8 Å². The Balaban J connectivity index is 1.54. The predicted octanol–water partition coefficient (Wildman–Crippen LogP) is 4.67. The molecule has 0 spiro atoms. The highest BCUT2D eigenvalue weighted by Gasteiger charge is 2.36. The quantitative estimate of drug-likeness (QED) is 0.511. The molecule has 3 aromatic rings. The number of allylic oxidation sites excluding steroid dienone is 1. The molecule has 30 heavy (non-hydrogen) atoms. The Kier molecular flexibility index (Phi) is 4.98. The third-order valence-electron chi connectivity index (χ3n) is 4.81. The van der Waals surface area contributed by atoms with Crippen molar-refractivity contribution in [3.63, 3.8) is 0 Å². The van der Waals surface area contributed by atoms with Gasteiger partial charge in [0.15, 0.2) is 0 Å². The summed E-state index contributed by atoms with van der Waals surface area (Å²) in [4.78, 5) is 38.8. The molecule has 0 atom stereocenters. The van der Waals surface area contributed by atoms with E-state index in [2.05, 4.69) is 5.32 Å². The van der Waals surface area contributed by atoms with Gasteiger partial charge in [0.2, 0.25) is 5.91 Å². The molecule has 0 aromatic heterocycles. The van der Waals surface area contributed by atoms with Crippen LogP contribution in [0.15, 0.2) is 78.9 Å². The van der Waals surface area contributed by atoms with Crippen molar-refractivity contribution in [1.29, 1.82) is 0 Å². The Morgan fingerprint density at radius 1 is 0.900 bits per heavy atom. The molecule has 3 amide bonds. The van der Waals surface area contributed by atoms with Gasteiger partial charge >= 0.3 is 0 Å². The third-order valence-corrected chi connectivity index (χ3v) is 4.81. The molecule has 0 aliphatic carbocycles. The topological polar surface area (TPSA) is 66.5 Å². The molecule has 0 unspecified atom stereocenters. The standard InChI is InChI=1S/C24H17FN2O3/c1-15(16-9-11-17(25)12-10-16)13-22(28)26-18-5-4-6-19(14-18)27-23(29)20-7-2-3-8-21(20)24(27)30/h2-14H,1H3,(H,26,28)/b15-13-. The number of hydrogen-bond donors (Lipinski definition) is 1. The number of hydrogen-bond acceptors (Lipinski definition) is 3. The van der Waals surface area contributed by atoms with Crippen LogP contribution in [0.4, 0.5) is 15.8 Å². The Morgan fingerprint density at radius 2 is 1.53 bits per heavy atom. The number of nitrogens with zero attached hydrogens (tertiary/aromatic N) is 1. The number of benzene rings is 3. The first kappa shape index (κ1) is 19.3. The Bertz CT molecular complexity index is 1160. The summed E-state index contributed by atoms with van der Waals surface area (Å²) in [6, 6.07) is 19.0. The largest absolute Gasteiger partial charge is 0.322 e. The average molecular weight is 400 g/mol. The number of carbonyl (C=O) groups is 3. The van der Waals surface area contributed by atoms with Gasteiger partial charge in [0.1, 0.15) is 5.82 Å². The highest BCUT2D eigenvalue weighted by atomic mass is 19.1. The van der Waals surface area contributed by atoms with Crippen LogP contribution in [-0.4, -0.2) is 17.7 Å². The van der Waals surface area contributed by atoms with E-state index in [-0.39, 0.29) is 11.7 Å². The van der Waals surface area contributed by atoms with Gasteiger partial charge in [0.05, 0.1) is 16.8 Å². The zero-order valence-electron chi connectivity index (χ0n) is 16.1. The van der Waals surface area contributed by atoms with Crippen molar-refractivity contribution in [2.45, 2.75) is 6.92 Å². The molecule has 148 valence electrons. The van der Waals surface area contributed by atoms with E-state index in [0.717, 1.165) is 10.5 Å². The summed E-state index contributed by atoms with van der Waals surface area (Å²) in [5, 5.41) is 2.73. The lowest BCUT2D eigenvalue weighted by Gasteiger charge is -2.15. The lowest BCUT2D eigenvalue weighted by molar-refractivity contribution is -0.111. The number of amides is 3. The van der Waals surface area contributed by atoms with Crippen LogP contribution in [0.3, 0.4) is 0 Å². The fraction of sp³-hybridized carbons (Fsp3) is 0.0417. The van der Waals surface area contributed by atoms with Crippen molar-refractivity contribution in [2.75, 3.05) is 10.2 Å². The van der Waals surface area contributed by atoms with E-state index in [1.54, 1.807) is 67.6 Å². The normalized spacial score (nSPS) is 13.4. The van der Waals surface area contributed by atoms with Crippen LogP contribution < -0.4 is 10.2 Å². The molecule has 0 saturated heterocycles. The first-order valence-electron chi connectivity index (χ1n) is 9.27. The first-order chi connectivity index (χ1) is 14.4. The summed E-state index contributed by atoms with van der Waals surface area (Å²) < 4.78 is 13.1. The summed E-state index contributed by atoms with van der Waals surface area (Å²) in [7, 11) is 0. The van der Waals surface area contributed by atoms with Gasteiger partial charge in [-0.2, -0.15) is 0 Å². The van der Waals surface area contributed by atoms with E-state index < -0.39 is 11.8 Å². The second-order valence-corrected chi connectivity index (χ2v) is 6.87. The summed E-state index contributed by atoms with van der Waals surface area (Å²) in [6.45, 7) is 1.75. The molecule has 4 rings (SSSR count). The maximum Gasteiger partial charge on any atom is 0.266 e. The maximum atomic E-state index is 13.1. The lowest BCUT2D eigenvalue weighted by Crippen LogP contribution is -2.29. The van der Waals surface area contributed by atoms with Gasteiger partial charge in [-0.1, -0.05) is 30.3 Å². The molecule has 0 radical (unpaired) electrons. The number of nitrogens with one attached hydrogen (secondary N) is 1. The molecule has 1 aliphatic rings. The Morgan fingerprint density at radius 3 is 2.17 bits per heavy atom. The van der Waals surface area contributed by atoms with Gasteiger partial charge in [-0.15, -0.1) is 0 Å². The minimum absolute atomic E-state index is 0.346. The molecule has 5 nitrogen and oxygen atoms in total. The van der Waals surface area contributed by atoms with Crippen LogP contribution in [-0.2, 0) is 4.79 Å². The van der Waals surface area contributed by atoms with Crippen molar-refractivity contribution < 1.29 is 18.8 Å². The van der Waals surface area contributed by atoms with Crippen LogP contribution >= 0.6 is 0 Å². The van der Waals surface area contributed by atoms with Crippen molar-refractivity contribution >= 4 is 34.7 Å². The number of anilines is 2. The van der Waals surface area contributed by atoms with E-state index in [1.165, 1.54) is 18.2 Å². The number of fused-ring (bicyclic) bond motifs is 1. The van der Waals surface area contributed by atoms with E-state index >= 15 is 0 Å². The maximum absolute atomic E-state index is 13.1. The van der Waals surface area contributed by atoms with Gasteiger partial charge in [-0.05, 0) is 60.5 Å². The SMILES string of the molecule is C/C(=C/C(=O)Nc1cccc(N2C(=O)c3ccccc3C2=O)c1)c1ccc(F)cc1. The average Bonchev–Trinajstić information content (AvgIpc) is 2.99. The molecule has 1 heterocycles. The van der Waals surface area contributed by atoms with Crippen molar-refractivity contribution in [3.8, 4) is 0 Å². The van der Waals surface area contributed by atoms with E-state index in [0.29, 0.717) is 28.1 Å². The van der Waals surface area contributed by atoms with Crippen LogP contribution in [0, 0.1) is 5.82 Å². The fourth-order valence-corrected chi connectivity index (χ4v) is 3.32. The van der Waals surface area contributed by atoms with Crippen LogP contribution in [0.1, 0.15) is 33.2 Å². The van der Waals surface area contributed by atoms with Gasteiger partial charge in [-0.3, -0.25) is 14.4 Å². The van der Waals surface area contributed by atoms with Crippen LogP contribution in [0.2, 0.25) is 0 Å². The predicted molar refractivity (Wildman–Crippen MR) is 113 cm³/mol. The Labute approximate surface area is 172 Å². The fourth-order valence-electron chi connectivity index (χ4n) is 3.32. The van der Waals surface area contributed by atoms with Crippen molar-refractivity contribution in [3.05, 3.63) is 101 Å². The molecular formula is C24H17FN2O3. The summed E-state index contributed by atoms with van der Waals surface area (Å²) >= 11 is 0. The zero-order chi connectivity index (χ0) is 21.3.